The molecule has 110 valence electrons. The van der Waals surface area contributed by atoms with Crippen LogP contribution in [-0.2, 0) is 4.74 Å². The van der Waals surface area contributed by atoms with Crippen LogP contribution >= 0.6 is 0 Å². The monoisotopic (exact) mass is 287 g/mol. The number of ether oxygens (including phenoxy) is 1. The Morgan fingerprint density at radius 3 is 3.05 bits per heavy atom. The lowest BCUT2D eigenvalue weighted by Crippen LogP contribution is -2.37. The van der Waals surface area contributed by atoms with Gasteiger partial charge in [-0.1, -0.05) is 0 Å². The van der Waals surface area contributed by atoms with E-state index in [4.69, 9.17) is 4.74 Å². The molecule has 1 saturated carbocycles. The molecule has 1 aliphatic heterocycles. The third-order valence-corrected chi connectivity index (χ3v) is 4.13. The molecule has 3 heterocycles. The maximum absolute atomic E-state index is 12.5. The van der Waals surface area contributed by atoms with Crippen molar-refractivity contribution >= 4 is 5.91 Å². The van der Waals surface area contributed by atoms with Crippen molar-refractivity contribution in [2.45, 2.75) is 37.3 Å². The molecule has 7 heteroatoms. The molecule has 2 aliphatic rings. The van der Waals surface area contributed by atoms with Gasteiger partial charge in [-0.25, -0.2) is 4.98 Å². The number of hydrogen-bond acceptors (Lipinski definition) is 4. The van der Waals surface area contributed by atoms with E-state index in [9.17, 15) is 4.79 Å². The molecular weight excluding hydrogens is 270 g/mol. The minimum Gasteiger partial charge on any atom is -0.368 e. The summed E-state index contributed by atoms with van der Waals surface area (Å²) in [5, 5.41) is 9.71. The second-order valence-corrected chi connectivity index (χ2v) is 5.61. The van der Waals surface area contributed by atoms with Crippen LogP contribution in [0.5, 0.6) is 0 Å². The van der Waals surface area contributed by atoms with Crippen LogP contribution in [0.15, 0.2) is 18.6 Å². The molecule has 2 aromatic heterocycles. The predicted octanol–water partition coefficient (Wildman–Crippen LogP) is 1.27. The number of aromatic amines is 2. The number of rotatable bonds is 4. The average Bonchev–Trinajstić information content (AvgIpc) is 2.94. The maximum Gasteiger partial charge on any atom is 0.268 e. The molecule has 4 rings (SSSR count). The fourth-order valence-electron chi connectivity index (χ4n) is 2.91. The summed E-state index contributed by atoms with van der Waals surface area (Å²) < 4.78 is 5.66. The molecule has 7 nitrogen and oxygen atoms in total. The number of carbonyl (C=O) groups is 1. The van der Waals surface area contributed by atoms with Crippen LogP contribution in [0.1, 0.15) is 53.2 Å². The third kappa shape index (κ3) is 2.33. The molecule has 21 heavy (non-hydrogen) atoms. The first-order chi connectivity index (χ1) is 10.3. The van der Waals surface area contributed by atoms with Gasteiger partial charge in [0.25, 0.3) is 5.91 Å². The van der Waals surface area contributed by atoms with E-state index in [1.54, 1.807) is 0 Å². The van der Waals surface area contributed by atoms with Crippen LogP contribution in [0.2, 0.25) is 0 Å². The van der Waals surface area contributed by atoms with Crippen molar-refractivity contribution < 1.29 is 9.53 Å². The Hall–Kier alpha value is -2.15. The van der Waals surface area contributed by atoms with Gasteiger partial charge in [-0.15, -0.1) is 0 Å². The maximum atomic E-state index is 12.5. The Kier molecular flexibility index (Phi) is 2.99. The number of nitrogens with zero attached hydrogens (tertiary/aromatic N) is 2. The van der Waals surface area contributed by atoms with E-state index >= 15 is 0 Å². The quantitative estimate of drug-likeness (QED) is 0.789. The van der Waals surface area contributed by atoms with Gasteiger partial charge in [0.1, 0.15) is 18.1 Å². The Balaban J connectivity index is 1.49. The van der Waals surface area contributed by atoms with Crippen LogP contribution in [0.25, 0.3) is 0 Å². The molecule has 0 aromatic carbocycles. The zero-order valence-electron chi connectivity index (χ0n) is 11.5. The molecule has 1 aliphatic carbocycles. The summed E-state index contributed by atoms with van der Waals surface area (Å²) in [4.78, 5) is 19.7. The highest BCUT2D eigenvalue weighted by atomic mass is 16.5. The first-order valence-corrected chi connectivity index (χ1v) is 7.28. The number of H-pyrrole nitrogens is 2. The number of amides is 1. The molecule has 1 amide bonds. The molecule has 0 unspecified atom stereocenters. The standard InChI is InChI=1S/C14H17N5O2/c20-14(11-9(3-5-15-11)8-1-2-8)18-10-4-6-21-12(10)13-16-7-17-19-13/h3,5,7-8,10,12,15H,1-2,4,6H2,(H,18,20)(H,16,17,19)/t10-,12+/m0/s1. The fourth-order valence-corrected chi connectivity index (χ4v) is 2.91. The smallest absolute Gasteiger partial charge is 0.268 e. The Bertz CT molecular complexity index is 632. The SMILES string of the molecule is O=C(N[C@H]1CCO[C@H]1c1ncn[nH]1)c1[nH]ccc1C1CC1. The normalized spacial score (nSPS) is 25.1. The fraction of sp³-hybridized carbons (Fsp3) is 0.500. The van der Waals surface area contributed by atoms with E-state index in [2.05, 4.69) is 25.5 Å². The summed E-state index contributed by atoms with van der Waals surface area (Å²) in [5.74, 6) is 1.13. The number of hydrogen-bond donors (Lipinski definition) is 3. The third-order valence-electron chi connectivity index (χ3n) is 4.13. The van der Waals surface area contributed by atoms with Gasteiger partial charge in [-0.3, -0.25) is 9.89 Å². The Labute approximate surface area is 121 Å². The van der Waals surface area contributed by atoms with Crippen molar-refractivity contribution in [2.75, 3.05) is 6.61 Å². The lowest BCUT2D eigenvalue weighted by atomic mass is 10.1. The highest BCUT2D eigenvalue weighted by molar-refractivity contribution is 5.94. The van der Waals surface area contributed by atoms with Gasteiger partial charge in [-0.05, 0) is 36.8 Å². The van der Waals surface area contributed by atoms with Crippen LogP contribution in [0.3, 0.4) is 0 Å². The second kappa shape index (κ2) is 5.00. The van der Waals surface area contributed by atoms with Gasteiger partial charge >= 0.3 is 0 Å². The number of carbonyl (C=O) groups excluding carboxylic acids is 1. The summed E-state index contributed by atoms with van der Waals surface area (Å²) >= 11 is 0. The molecule has 2 atom stereocenters. The lowest BCUT2D eigenvalue weighted by molar-refractivity contribution is 0.0788. The first kappa shape index (κ1) is 12.6. The number of nitrogens with one attached hydrogen (secondary N) is 3. The molecule has 2 aromatic rings. The zero-order chi connectivity index (χ0) is 14.2. The molecule has 0 bridgehead atoms. The van der Waals surface area contributed by atoms with Gasteiger partial charge in [-0.2, -0.15) is 5.10 Å². The van der Waals surface area contributed by atoms with Crippen molar-refractivity contribution in [3.63, 3.8) is 0 Å². The lowest BCUT2D eigenvalue weighted by Gasteiger charge is -2.17. The Morgan fingerprint density at radius 2 is 2.29 bits per heavy atom. The average molecular weight is 287 g/mol. The van der Waals surface area contributed by atoms with E-state index in [0.29, 0.717) is 24.0 Å². The van der Waals surface area contributed by atoms with Crippen molar-refractivity contribution in [2.24, 2.45) is 0 Å². The summed E-state index contributed by atoms with van der Waals surface area (Å²) in [7, 11) is 0. The summed E-state index contributed by atoms with van der Waals surface area (Å²) in [6.45, 7) is 0.608. The Morgan fingerprint density at radius 1 is 1.38 bits per heavy atom. The van der Waals surface area contributed by atoms with Gasteiger partial charge in [0.05, 0.1) is 6.04 Å². The molecule has 3 N–H and O–H groups in total. The summed E-state index contributed by atoms with van der Waals surface area (Å²) in [6.07, 6.45) is 6.15. The van der Waals surface area contributed by atoms with Crippen molar-refractivity contribution in [1.82, 2.24) is 25.5 Å². The van der Waals surface area contributed by atoms with Crippen molar-refractivity contribution in [3.8, 4) is 0 Å². The minimum absolute atomic E-state index is 0.0677. The van der Waals surface area contributed by atoms with Gasteiger partial charge in [0.2, 0.25) is 0 Å². The van der Waals surface area contributed by atoms with Crippen LogP contribution in [0, 0.1) is 0 Å². The number of aromatic nitrogens is 4. The molecule has 1 saturated heterocycles. The topological polar surface area (TPSA) is 95.7 Å². The van der Waals surface area contributed by atoms with Gasteiger partial charge in [0.15, 0.2) is 5.82 Å². The zero-order valence-corrected chi connectivity index (χ0v) is 11.5. The van der Waals surface area contributed by atoms with E-state index in [1.165, 1.54) is 19.2 Å². The largest absolute Gasteiger partial charge is 0.368 e. The van der Waals surface area contributed by atoms with E-state index < -0.39 is 0 Å². The van der Waals surface area contributed by atoms with Crippen LogP contribution in [0.4, 0.5) is 0 Å². The second-order valence-electron chi connectivity index (χ2n) is 5.61. The first-order valence-electron chi connectivity index (χ1n) is 7.28. The van der Waals surface area contributed by atoms with Gasteiger partial charge < -0.3 is 15.0 Å². The molecule has 0 spiro atoms. The van der Waals surface area contributed by atoms with E-state index in [1.807, 2.05) is 12.3 Å². The molecule has 2 fully saturated rings. The predicted molar refractivity (Wildman–Crippen MR) is 73.7 cm³/mol. The molecular formula is C14H17N5O2. The van der Waals surface area contributed by atoms with Crippen LogP contribution < -0.4 is 5.32 Å². The van der Waals surface area contributed by atoms with E-state index in [0.717, 1.165) is 12.0 Å². The van der Waals surface area contributed by atoms with Crippen LogP contribution in [-0.4, -0.2) is 38.7 Å². The summed E-state index contributed by atoms with van der Waals surface area (Å²) in [6, 6.07) is 1.92. The molecule has 0 radical (unpaired) electrons. The van der Waals surface area contributed by atoms with Gasteiger partial charge in [0, 0.05) is 12.8 Å². The minimum atomic E-state index is -0.254. The highest BCUT2D eigenvalue weighted by Gasteiger charge is 2.35. The highest BCUT2D eigenvalue weighted by Crippen LogP contribution is 2.41. The van der Waals surface area contributed by atoms with Crippen molar-refractivity contribution in [3.05, 3.63) is 35.7 Å². The summed E-state index contributed by atoms with van der Waals surface area (Å²) in [5.41, 5.74) is 1.81. The van der Waals surface area contributed by atoms with Crippen molar-refractivity contribution in [1.29, 1.82) is 0 Å². The van der Waals surface area contributed by atoms with E-state index in [-0.39, 0.29) is 18.1 Å².